The van der Waals surface area contributed by atoms with Crippen molar-refractivity contribution >= 4 is 28.5 Å². The summed E-state index contributed by atoms with van der Waals surface area (Å²) in [4.78, 5) is 28.9. The van der Waals surface area contributed by atoms with Gasteiger partial charge in [-0.25, -0.2) is 4.98 Å². The summed E-state index contributed by atoms with van der Waals surface area (Å²) in [5.41, 5.74) is 2.35. The molecular formula is C22H26N4O4. The van der Waals surface area contributed by atoms with Gasteiger partial charge in [0, 0.05) is 20.1 Å². The SMILES string of the molecule is COCC(=O)NCCCc1nc2ccccc2n1CC(=O)Nc1ccccc1OC. The second-order valence-corrected chi connectivity index (χ2v) is 6.74. The van der Waals surface area contributed by atoms with E-state index in [4.69, 9.17) is 9.47 Å². The van der Waals surface area contributed by atoms with Crippen molar-refractivity contribution < 1.29 is 19.1 Å². The van der Waals surface area contributed by atoms with Crippen molar-refractivity contribution in [2.75, 3.05) is 32.7 Å². The number of nitrogens with zero attached hydrogens (tertiary/aromatic N) is 2. The molecular weight excluding hydrogens is 384 g/mol. The molecule has 0 radical (unpaired) electrons. The number of rotatable bonds is 10. The van der Waals surface area contributed by atoms with E-state index in [1.807, 2.05) is 41.0 Å². The summed E-state index contributed by atoms with van der Waals surface area (Å²) in [6.07, 6.45) is 1.33. The average molecular weight is 410 g/mol. The molecule has 0 saturated heterocycles. The molecule has 1 heterocycles. The Morgan fingerprint density at radius 2 is 1.80 bits per heavy atom. The third-order valence-electron chi connectivity index (χ3n) is 4.59. The lowest BCUT2D eigenvalue weighted by atomic mass is 10.2. The molecule has 2 aromatic carbocycles. The van der Waals surface area contributed by atoms with E-state index in [0.29, 0.717) is 30.8 Å². The van der Waals surface area contributed by atoms with E-state index in [1.165, 1.54) is 7.11 Å². The summed E-state index contributed by atoms with van der Waals surface area (Å²) in [6.45, 7) is 0.685. The Bertz CT molecular complexity index is 1020. The molecule has 0 unspecified atom stereocenters. The zero-order chi connectivity index (χ0) is 21.3. The van der Waals surface area contributed by atoms with Crippen LogP contribution in [0, 0.1) is 0 Å². The first-order valence-corrected chi connectivity index (χ1v) is 9.75. The molecule has 0 bridgehead atoms. The number of anilines is 1. The number of aromatic nitrogens is 2. The Morgan fingerprint density at radius 3 is 2.60 bits per heavy atom. The monoisotopic (exact) mass is 410 g/mol. The van der Waals surface area contributed by atoms with Crippen LogP contribution >= 0.6 is 0 Å². The van der Waals surface area contributed by atoms with E-state index < -0.39 is 0 Å². The number of methoxy groups -OCH3 is 2. The Hall–Kier alpha value is -3.39. The lowest BCUT2D eigenvalue weighted by Crippen LogP contribution is -2.28. The predicted molar refractivity (Wildman–Crippen MR) is 115 cm³/mol. The lowest BCUT2D eigenvalue weighted by molar-refractivity contribution is -0.124. The number of para-hydroxylation sites is 4. The van der Waals surface area contributed by atoms with Gasteiger partial charge < -0.3 is 24.7 Å². The molecule has 2 N–H and O–H groups in total. The standard InChI is InChI=1S/C22H26N4O4/c1-29-15-22(28)23-13-7-12-20-24-16-8-3-5-10-18(16)26(20)14-21(27)25-17-9-4-6-11-19(17)30-2/h3-6,8-11H,7,12-15H2,1-2H3,(H,23,28)(H,25,27). The van der Waals surface area contributed by atoms with Crippen LogP contribution in [0.15, 0.2) is 48.5 Å². The molecule has 3 rings (SSSR count). The molecule has 2 amide bonds. The maximum atomic E-state index is 12.7. The minimum absolute atomic E-state index is 0.0433. The highest BCUT2D eigenvalue weighted by Gasteiger charge is 2.15. The summed E-state index contributed by atoms with van der Waals surface area (Å²) in [5.74, 6) is 1.08. The minimum Gasteiger partial charge on any atom is -0.495 e. The van der Waals surface area contributed by atoms with Crippen LogP contribution in [-0.4, -0.2) is 48.7 Å². The van der Waals surface area contributed by atoms with Crippen LogP contribution < -0.4 is 15.4 Å². The number of amides is 2. The molecule has 3 aromatic rings. The van der Waals surface area contributed by atoms with Crippen molar-refractivity contribution in [2.45, 2.75) is 19.4 Å². The number of imidazole rings is 1. The van der Waals surface area contributed by atoms with Crippen LogP contribution in [0.4, 0.5) is 5.69 Å². The number of fused-ring (bicyclic) bond motifs is 1. The van der Waals surface area contributed by atoms with Gasteiger partial charge in [0.2, 0.25) is 11.8 Å². The van der Waals surface area contributed by atoms with Gasteiger partial charge in [-0.15, -0.1) is 0 Å². The van der Waals surface area contributed by atoms with Gasteiger partial charge in [-0.3, -0.25) is 9.59 Å². The third kappa shape index (κ3) is 5.36. The highest BCUT2D eigenvalue weighted by molar-refractivity contribution is 5.93. The molecule has 0 aliphatic carbocycles. The third-order valence-corrected chi connectivity index (χ3v) is 4.59. The first kappa shape index (κ1) is 21.3. The summed E-state index contributed by atoms with van der Waals surface area (Å²) in [5, 5.41) is 5.70. The van der Waals surface area contributed by atoms with E-state index in [9.17, 15) is 9.59 Å². The smallest absolute Gasteiger partial charge is 0.245 e. The maximum Gasteiger partial charge on any atom is 0.245 e. The second-order valence-electron chi connectivity index (χ2n) is 6.74. The van der Waals surface area contributed by atoms with E-state index in [2.05, 4.69) is 15.6 Å². The summed E-state index contributed by atoms with van der Waals surface area (Å²) in [7, 11) is 3.05. The van der Waals surface area contributed by atoms with Gasteiger partial charge in [-0.1, -0.05) is 24.3 Å². The zero-order valence-electron chi connectivity index (χ0n) is 17.2. The van der Waals surface area contributed by atoms with Crippen molar-refractivity contribution in [3.8, 4) is 5.75 Å². The van der Waals surface area contributed by atoms with Crippen LogP contribution in [0.5, 0.6) is 5.75 Å². The average Bonchev–Trinajstić information content (AvgIpc) is 3.09. The number of nitrogens with one attached hydrogen (secondary N) is 2. The van der Waals surface area contributed by atoms with Crippen molar-refractivity contribution in [1.29, 1.82) is 0 Å². The van der Waals surface area contributed by atoms with Gasteiger partial charge in [-0.05, 0) is 30.7 Å². The fourth-order valence-electron chi connectivity index (χ4n) is 3.23. The van der Waals surface area contributed by atoms with Gasteiger partial charge in [0.15, 0.2) is 0 Å². The molecule has 0 spiro atoms. The Morgan fingerprint density at radius 1 is 1.03 bits per heavy atom. The molecule has 0 aliphatic heterocycles. The van der Waals surface area contributed by atoms with Crippen molar-refractivity contribution in [2.24, 2.45) is 0 Å². The summed E-state index contributed by atoms with van der Waals surface area (Å²) >= 11 is 0. The van der Waals surface area contributed by atoms with Gasteiger partial charge in [0.25, 0.3) is 0 Å². The predicted octanol–water partition coefficient (Wildman–Crippen LogP) is 2.38. The number of aryl methyl sites for hydroxylation is 1. The summed E-state index contributed by atoms with van der Waals surface area (Å²) in [6, 6.07) is 15.0. The Labute approximate surface area is 175 Å². The number of carbonyl (C=O) groups excluding carboxylic acids is 2. The highest BCUT2D eigenvalue weighted by atomic mass is 16.5. The largest absolute Gasteiger partial charge is 0.495 e. The van der Waals surface area contributed by atoms with Crippen molar-refractivity contribution in [3.05, 3.63) is 54.4 Å². The van der Waals surface area contributed by atoms with E-state index in [0.717, 1.165) is 16.9 Å². The van der Waals surface area contributed by atoms with Gasteiger partial charge in [0.05, 0.1) is 23.8 Å². The molecule has 0 aliphatic rings. The molecule has 0 fully saturated rings. The zero-order valence-corrected chi connectivity index (χ0v) is 17.2. The summed E-state index contributed by atoms with van der Waals surface area (Å²) < 4.78 is 12.0. The Balaban J connectivity index is 1.71. The Kier molecular flexibility index (Phi) is 7.40. The van der Waals surface area contributed by atoms with Gasteiger partial charge >= 0.3 is 0 Å². The van der Waals surface area contributed by atoms with Crippen LogP contribution in [-0.2, 0) is 27.3 Å². The molecule has 0 atom stereocenters. The van der Waals surface area contributed by atoms with Crippen molar-refractivity contribution in [3.63, 3.8) is 0 Å². The first-order chi connectivity index (χ1) is 14.6. The highest BCUT2D eigenvalue weighted by Crippen LogP contribution is 2.23. The second kappa shape index (κ2) is 10.4. The van der Waals surface area contributed by atoms with Crippen LogP contribution in [0.3, 0.4) is 0 Å². The van der Waals surface area contributed by atoms with Crippen LogP contribution in [0.25, 0.3) is 11.0 Å². The van der Waals surface area contributed by atoms with E-state index in [-0.39, 0.29) is 25.0 Å². The topological polar surface area (TPSA) is 94.5 Å². The maximum absolute atomic E-state index is 12.7. The number of ether oxygens (including phenoxy) is 2. The van der Waals surface area contributed by atoms with Gasteiger partial charge in [-0.2, -0.15) is 0 Å². The van der Waals surface area contributed by atoms with Crippen LogP contribution in [0.1, 0.15) is 12.2 Å². The lowest BCUT2D eigenvalue weighted by Gasteiger charge is -2.12. The minimum atomic E-state index is -0.169. The molecule has 8 heteroatoms. The fraction of sp³-hybridized carbons (Fsp3) is 0.318. The van der Waals surface area contributed by atoms with E-state index >= 15 is 0 Å². The molecule has 30 heavy (non-hydrogen) atoms. The quantitative estimate of drug-likeness (QED) is 0.501. The molecule has 1 aromatic heterocycles. The molecule has 0 saturated carbocycles. The first-order valence-electron chi connectivity index (χ1n) is 9.75. The fourth-order valence-corrected chi connectivity index (χ4v) is 3.23. The number of hydrogen-bond donors (Lipinski definition) is 2. The van der Waals surface area contributed by atoms with Gasteiger partial charge in [0.1, 0.15) is 24.7 Å². The number of carbonyl (C=O) groups is 2. The number of hydrogen-bond acceptors (Lipinski definition) is 5. The van der Waals surface area contributed by atoms with Crippen molar-refractivity contribution in [1.82, 2.24) is 14.9 Å². The molecule has 8 nitrogen and oxygen atoms in total. The number of benzene rings is 2. The molecule has 158 valence electrons. The van der Waals surface area contributed by atoms with Crippen LogP contribution in [0.2, 0.25) is 0 Å². The van der Waals surface area contributed by atoms with E-state index in [1.54, 1.807) is 19.2 Å². The normalized spacial score (nSPS) is 10.7.